The van der Waals surface area contributed by atoms with Crippen molar-refractivity contribution in [2.75, 3.05) is 18.6 Å². The Morgan fingerprint density at radius 1 is 1.02 bits per heavy atom. The molecular formula is C29H26F5N3O5. The zero-order chi connectivity index (χ0) is 30.3. The van der Waals surface area contributed by atoms with E-state index in [9.17, 15) is 27.6 Å². The fraction of sp³-hybridized carbons (Fsp3) is 0.345. The molecular weight excluding hydrogens is 565 g/mol. The zero-order valence-electron chi connectivity index (χ0n) is 22.5. The van der Waals surface area contributed by atoms with E-state index in [1.165, 1.54) is 11.7 Å². The molecule has 8 nitrogen and oxygen atoms in total. The van der Waals surface area contributed by atoms with E-state index in [2.05, 4.69) is 10.1 Å². The number of ether oxygens (including phenoxy) is 2. The van der Waals surface area contributed by atoms with Gasteiger partial charge in [-0.15, -0.1) is 13.2 Å². The van der Waals surface area contributed by atoms with E-state index in [4.69, 9.17) is 4.74 Å². The van der Waals surface area contributed by atoms with E-state index < -0.39 is 58.6 Å². The molecule has 1 aromatic heterocycles. The van der Waals surface area contributed by atoms with E-state index in [0.717, 1.165) is 54.1 Å². The van der Waals surface area contributed by atoms with Crippen LogP contribution in [0, 0.1) is 24.5 Å². The van der Waals surface area contributed by atoms with Gasteiger partial charge in [-0.2, -0.15) is 0 Å². The maximum absolute atomic E-state index is 15.3. The van der Waals surface area contributed by atoms with Crippen LogP contribution in [0.2, 0.25) is 0 Å². The number of alkyl halides is 3. The largest absolute Gasteiger partial charge is 0.573 e. The maximum Gasteiger partial charge on any atom is 0.573 e. The SMILES string of the molecule is COc1cc(F)c([C@@H]2CN(c3c(C)ccn(CC4CC4)c3=O)C(=O)C2NC(=O)c2ccc(OC(F)(F)F)cc2)c(F)c1. The Labute approximate surface area is 236 Å². The number of rotatable bonds is 8. The van der Waals surface area contributed by atoms with Crippen LogP contribution in [0.5, 0.6) is 11.5 Å². The van der Waals surface area contributed by atoms with Crippen molar-refractivity contribution in [2.45, 2.75) is 44.6 Å². The fourth-order valence-corrected chi connectivity index (χ4v) is 5.12. The number of aryl methyl sites for hydroxylation is 1. The average molecular weight is 592 g/mol. The highest BCUT2D eigenvalue weighted by Crippen LogP contribution is 2.37. The maximum atomic E-state index is 15.3. The van der Waals surface area contributed by atoms with Crippen LogP contribution >= 0.6 is 0 Å². The van der Waals surface area contributed by atoms with Gasteiger partial charge in [-0.3, -0.25) is 14.4 Å². The van der Waals surface area contributed by atoms with Gasteiger partial charge in [-0.05, 0) is 61.6 Å². The van der Waals surface area contributed by atoms with Crippen molar-refractivity contribution >= 4 is 17.5 Å². The summed E-state index contributed by atoms with van der Waals surface area (Å²) in [5, 5.41) is 2.47. The number of aromatic nitrogens is 1. The van der Waals surface area contributed by atoms with Crippen LogP contribution in [-0.2, 0) is 11.3 Å². The zero-order valence-corrected chi connectivity index (χ0v) is 22.5. The Balaban J connectivity index is 1.51. The van der Waals surface area contributed by atoms with Gasteiger partial charge in [-0.1, -0.05) is 0 Å². The van der Waals surface area contributed by atoms with Gasteiger partial charge < -0.3 is 24.3 Å². The normalized spacial score (nSPS) is 18.7. The van der Waals surface area contributed by atoms with Crippen molar-refractivity contribution in [3.8, 4) is 11.5 Å². The van der Waals surface area contributed by atoms with Gasteiger partial charge in [-0.25, -0.2) is 8.78 Å². The summed E-state index contributed by atoms with van der Waals surface area (Å²) in [6, 6.07) is 5.98. The molecule has 2 heterocycles. The van der Waals surface area contributed by atoms with Crippen LogP contribution < -0.4 is 25.2 Å². The Morgan fingerprint density at radius 2 is 1.67 bits per heavy atom. The highest BCUT2D eigenvalue weighted by atomic mass is 19.4. The third-order valence-electron chi connectivity index (χ3n) is 7.37. The number of carbonyl (C=O) groups excluding carboxylic acids is 2. The number of pyridine rings is 1. The van der Waals surface area contributed by atoms with Gasteiger partial charge in [0.15, 0.2) is 0 Å². The summed E-state index contributed by atoms with van der Waals surface area (Å²) in [6.45, 7) is 1.77. The molecule has 2 amide bonds. The van der Waals surface area contributed by atoms with Crippen molar-refractivity contribution in [2.24, 2.45) is 5.92 Å². The van der Waals surface area contributed by atoms with E-state index in [0.29, 0.717) is 18.0 Å². The molecule has 2 fully saturated rings. The van der Waals surface area contributed by atoms with Gasteiger partial charge in [0.2, 0.25) is 5.91 Å². The van der Waals surface area contributed by atoms with Crippen LogP contribution in [0.1, 0.15) is 40.2 Å². The number of hydrogen-bond acceptors (Lipinski definition) is 5. The topological polar surface area (TPSA) is 89.9 Å². The van der Waals surface area contributed by atoms with Crippen LogP contribution in [0.25, 0.3) is 0 Å². The number of nitrogens with one attached hydrogen (secondary N) is 1. The number of amides is 2. The molecule has 1 N–H and O–H groups in total. The Hall–Kier alpha value is -4.42. The summed E-state index contributed by atoms with van der Waals surface area (Å²) in [4.78, 5) is 41.5. The first-order valence-electron chi connectivity index (χ1n) is 13.1. The Bertz CT molecular complexity index is 1560. The van der Waals surface area contributed by atoms with Crippen molar-refractivity contribution < 1.29 is 41.0 Å². The first-order chi connectivity index (χ1) is 19.9. The molecule has 0 radical (unpaired) electrons. The van der Waals surface area contributed by atoms with Gasteiger partial charge >= 0.3 is 6.36 Å². The second-order valence-corrected chi connectivity index (χ2v) is 10.3. The number of anilines is 1. The molecule has 1 saturated heterocycles. The number of hydrogen-bond donors (Lipinski definition) is 1. The first-order valence-corrected chi connectivity index (χ1v) is 13.1. The standard InChI is InChI=1S/C29H26F5N3O5/c1-15-9-10-36(13-16-3-4-16)28(40)25(15)37-14-20(23-21(30)11-19(41-2)12-22(23)31)24(27(37)39)35-26(38)17-5-7-18(8-6-17)42-29(32,33)34/h5-12,16,20,24H,3-4,13-14H2,1-2H3,(H,35,38)/t20-,24?/m0/s1. The lowest BCUT2D eigenvalue weighted by Gasteiger charge is -2.20. The molecule has 2 atom stereocenters. The van der Waals surface area contributed by atoms with Gasteiger partial charge in [0.1, 0.15) is 34.9 Å². The van der Waals surface area contributed by atoms with Gasteiger partial charge in [0.25, 0.3) is 11.5 Å². The summed E-state index contributed by atoms with van der Waals surface area (Å²) < 4.78 is 78.3. The van der Waals surface area contributed by atoms with E-state index in [1.807, 2.05) is 0 Å². The van der Waals surface area contributed by atoms with Crippen LogP contribution in [0.3, 0.4) is 0 Å². The van der Waals surface area contributed by atoms with Crippen molar-refractivity contribution in [1.29, 1.82) is 0 Å². The molecule has 13 heteroatoms. The lowest BCUT2D eigenvalue weighted by Crippen LogP contribution is -2.45. The minimum atomic E-state index is -4.93. The smallest absolute Gasteiger partial charge is 0.497 e. The summed E-state index contributed by atoms with van der Waals surface area (Å²) >= 11 is 0. The summed E-state index contributed by atoms with van der Waals surface area (Å²) in [5.74, 6) is -5.28. The van der Waals surface area contributed by atoms with Gasteiger partial charge in [0, 0.05) is 48.5 Å². The second-order valence-electron chi connectivity index (χ2n) is 10.3. The average Bonchev–Trinajstić information content (AvgIpc) is 3.69. The van der Waals surface area contributed by atoms with Crippen molar-refractivity contribution in [3.05, 3.63) is 87.3 Å². The predicted molar refractivity (Wildman–Crippen MR) is 141 cm³/mol. The monoisotopic (exact) mass is 591 g/mol. The first kappa shape index (κ1) is 29.1. The third kappa shape index (κ3) is 5.95. The lowest BCUT2D eigenvalue weighted by atomic mass is 9.92. The number of nitrogens with zero attached hydrogens (tertiary/aromatic N) is 2. The Morgan fingerprint density at radius 3 is 2.24 bits per heavy atom. The molecule has 1 unspecified atom stereocenters. The van der Waals surface area contributed by atoms with Gasteiger partial charge in [0.05, 0.1) is 7.11 Å². The minimum Gasteiger partial charge on any atom is -0.497 e. The summed E-state index contributed by atoms with van der Waals surface area (Å²) in [6.07, 6.45) is -1.34. The second kappa shape index (κ2) is 11.1. The lowest BCUT2D eigenvalue weighted by molar-refractivity contribution is -0.274. The summed E-state index contributed by atoms with van der Waals surface area (Å²) in [7, 11) is 1.23. The molecule has 222 valence electrons. The minimum absolute atomic E-state index is 0.0351. The van der Waals surface area contributed by atoms with E-state index in [-0.39, 0.29) is 23.5 Å². The fourth-order valence-electron chi connectivity index (χ4n) is 5.12. The van der Waals surface area contributed by atoms with E-state index in [1.54, 1.807) is 19.2 Å². The molecule has 0 spiro atoms. The molecule has 5 rings (SSSR count). The number of halogens is 5. The molecule has 42 heavy (non-hydrogen) atoms. The van der Waals surface area contributed by atoms with E-state index >= 15 is 8.78 Å². The number of carbonyl (C=O) groups is 2. The Kier molecular flexibility index (Phi) is 7.69. The van der Waals surface area contributed by atoms with Crippen LogP contribution in [0.4, 0.5) is 27.6 Å². The highest BCUT2D eigenvalue weighted by Gasteiger charge is 2.46. The number of methoxy groups -OCH3 is 1. The third-order valence-corrected chi connectivity index (χ3v) is 7.37. The molecule has 1 saturated carbocycles. The van der Waals surface area contributed by atoms with Crippen molar-refractivity contribution in [1.82, 2.24) is 9.88 Å². The molecule has 3 aromatic rings. The molecule has 0 bridgehead atoms. The van der Waals surface area contributed by atoms with Crippen LogP contribution in [0.15, 0.2) is 53.5 Å². The van der Waals surface area contributed by atoms with Crippen molar-refractivity contribution in [3.63, 3.8) is 0 Å². The predicted octanol–water partition coefficient (Wildman–Crippen LogP) is 4.68. The molecule has 2 aromatic carbocycles. The quantitative estimate of drug-likeness (QED) is 0.385. The molecule has 1 aliphatic heterocycles. The number of benzene rings is 2. The van der Waals surface area contributed by atoms with Crippen LogP contribution in [-0.4, -0.2) is 42.4 Å². The summed E-state index contributed by atoms with van der Waals surface area (Å²) in [5.41, 5.74) is -0.572. The highest BCUT2D eigenvalue weighted by molar-refractivity contribution is 6.05. The molecule has 2 aliphatic rings. The molecule has 1 aliphatic carbocycles.